The van der Waals surface area contributed by atoms with E-state index in [4.69, 9.17) is 4.42 Å². The Bertz CT molecular complexity index is 445. The van der Waals surface area contributed by atoms with Crippen molar-refractivity contribution < 1.29 is 4.42 Å². The van der Waals surface area contributed by atoms with Crippen LogP contribution in [0.15, 0.2) is 28.7 Å². The first-order valence-electron chi connectivity index (χ1n) is 5.49. The molecule has 1 N–H and O–H groups in total. The summed E-state index contributed by atoms with van der Waals surface area (Å²) in [5, 5.41) is 4.53. The van der Waals surface area contributed by atoms with Gasteiger partial charge in [-0.1, -0.05) is 18.6 Å². The molecule has 0 unspecified atom stereocenters. The van der Waals surface area contributed by atoms with Crippen LogP contribution in [0.5, 0.6) is 0 Å². The standard InChI is InChI=1S/C13H17NO/c1-3-6-14-9-12-8-11-7-10(2)4-5-13(11)15-12/h4-5,7-8,14H,3,6,9H2,1-2H3. The molecule has 0 aliphatic carbocycles. The van der Waals surface area contributed by atoms with Crippen LogP contribution in [0, 0.1) is 6.92 Å². The molecule has 0 fully saturated rings. The monoisotopic (exact) mass is 203 g/mol. The highest BCUT2D eigenvalue weighted by Gasteiger charge is 2.02. The lowest BCUT2D eigenvalue weighted by Crippen LogP contribution is -2.12. The number of fused-ring (bicyclic) bond motifs is 1. The van der Waals surface area contributed by atoms with Crippen molar-refractivity contribution in [3.05, 3.63) is 35.6 Å². The number of aryl methyl sites for hydroxylation is 1. The molecule has 0 saturated heterocycles. The predicted molar refractivity (Wildman–Crippen MR) is 62.9 cm³/mol. The zero-order valence-electron chi connectivity index (χ0n) is 9.34. The molecule has 2 rings (SSSR count). The van der Waals surface area contributed by atoms with Gasteiger partial charge in [-0.15, -0.1) is 0 Å². The van der Waals surface area contributed by atoms with Gasteiger partial charge in [0.15, 0.2) is 0 Å². The summed E-state index contributed by atoms with van der Waals surface area (Å²) in [5.41, 5.74) is 2.25. The van der Waals surface area contributed by atoms with Crippen LogP contribution >= 0.6 is 0 Å². The Labute approximate surface area is 90.3 Å². The maximum atomic E-state index is 5.71. The molecular weight excluding hydrogens is 186 g/mol. The van der Waals surface area contributed by atoms with Gasteiger partial charge in [0.1, 0.15) is 11.3 Å². The Hall–Kier alpha value is -1.28. The summed E-state index contributed by atoms with van der Waals surface area (Å²) in [6, 6.07) is 8.39. The van der Waals surface area contributed by atoms with Crippen molar-refractivity contribution in [1.82, 2.24) is 5.32 Å². The molecule has 0 aliphatic rings. The summed E-state index contributed by atoms with van der Waals surface area (Å²) in [6.07, 6.45) is 1.15. The van der Waals surface area contributed by atoms with Gasteiger partial charge in [-0.25, -0.2) is 0 Å². The van der Waals surface area contributed by atoms with E-state index in [1.54, 1.807) is 0 Å². The summed E-state index contributed by atoms with van der Waals surface area (Å²) < 4.78 is 5.71. The zero-order chi connectivity index (χ0) is 10.7. The van der Waals surface area contributed by atoms with Crippen LogP contribution in [0.2, 0.25) is 0 Å². The normalized spacial score (nSPS) is 11.1. The molecule has 0 bridgehead atoms. The number of hydrogen-bond acceptors (Lipinski definition) is 2. The summed E-state index contributed by atoms with van der Waals surface area (Å²) >= 11 is 0. The molecule has 0 radical (unpaired) electrons. The number of nitrogens with one attached hydrogen (secondary N) is 1. The van der Waals surface area contributed by atoms with E-state index in [0.29, 0.717) is 0 Å². The fourth-order valence-electron chi connectivity index (χ4n) is 1.69. The second kappa shape index (κ2) is 4.49. The summed E-state index contributed by atoms with van der Waals surface area (Å²) in [5.74, 6) is 1.02. The first kappa shape index (κ1) is 10.2. The molecule has 1 aromatic heterocycles. The summed E-state index contributed by atoms with van der Waals surface area (Å²) in [6.45, 7) is 6.12. The van der Waals surface area contributed by atoms with E-state index in [1.807, 2.05) is 6.07 Å². The van der Waals surface area contributed by atoms with Gasteiger partial charge >= 0.3 is 0 Å². The molecule has 2 nitrogen and oxygen atoms in total. The number of hydrogen-bond donors (Lipinski definition) is 1. The highest BCUT2D eigenvalue weighted by Crippen LogP contribution is 2.20. The number of furan rings is 1. The van der Waals surface area contributed by atoms with E-state index in [2.05, 4.69) is 37.4 Å². The highest BCUT2D eigenvalue weighted by atomic mass is 16.3. The second-order valence-electron chi connectivity index (χ2n) is 3.93. The third kappa shape index (κ3) is 2.39. The molecule has 0 saturated carbocycles. The van der Waals surface area contributed by atoms with Crippen molar-refractivity contribution in [3.63, 3.8) is 0 Å². The van der Waals surface area contributed by atoms with Crippen LogP contribution in [0.1, 0.15) is 24.7 Å². The maximum absolute atomic E-state index is 5.71. The van der Waals surface area contributed by atoms with Gasteiger partial charge in [0.25, 0.3) is 0 Å². The minimum absolute atomic E-state index is 0.821. The minimum atomic E-state index is 0.821. The molecule has 0 atom stereocenters. The molecule has 0 amide bonds. The third-order valence-corrected chi connectivity index (χ3v) is 2.45. The van der Waals surface area contributed by atoms with Crippen LogP contribution in [0.3, 0.4) is 0 Å². The number of rotatable bonds is 4. The first-order chi connectivity index (χ1) is 7.29. The second-order valence-corrected chi connectivity index (χ2v) is 3.93. The molecule has 0 spiro atoms. The molecule has 1 aromatic carbocycles. The number of benzene rings is 1. The van der Waals surface area contributed by atoms with Gasteiger partial charge in [-0.2, -0.15) is 0 Å². The molecule has 15 heavy (non-hydrogen) atoms. The van der Waals surface area contributed by atoms with E-state index < -0.39 is 0 Å². The van der Waals surface area contributed by atoms with Gasteiger partial charge < -0.3 is 9.73 Å². The smallest absolute Gasteiger partial charge is 0.134 e. The lowest BCUT2D eigenvalue weighted by Gasteiger charge is -1.97. The van der Waals surface area contributed by atoms with Crippen LogP contribution in [-0.2, 0) is 6.54 Å². The topological polar surface area (TPSA) is 25.2 Å². The van der Waals surface area contributed by atoms with Gasteiger partial charge in [-0.05, 0) is 38.1 Å². The fraction of sp³-hybridized carbons (Fsp3) is 0.385. The van der Waals surface area contributed by atoms with E-state index in [9.17, 15) is 0 Å². The van der Waals surface area contributed by atoms with Crippen molar-refractivity contribution in [3.8, 4) is 0 Å². The Morgan fingerprint density at radius 1 is 1.27 bits per heavy atom. The van der Waals surface area contributed by atoms with Crippen molar-refractivity contribution in [2.24, 2.45) is 0 Å². The van der Waals surface area contributed by atoms with E-state index >= 15 is 0 Å². The fourth-order valence-corrected chi connectivity index (χ4v) is 1.69. The first-order valence-corrected chi connectivity index (χ1v) is 5.49. The third-order valence-electron chi connectivity index (χ3n) is 2.45. The molecule has 1 heterocycles. The Morgan fingerprint density at radius 2 is 2.13 bits per heavy atom. The van der Waals surface area contributed by atoms with Crippen molar-refractivity contribution in [2.45, 2.75) is 26.8 Å². The quantitative estimate of drug-likeness (QED) is 0.772. The average Bonchev–Trinajstić information content (AvgIpc) is 2.60. The van der Waals surface area contributed by atoms with Crippen molar-refractivity contribution in [2.75, 3.05) is 6.54 Å². The summed E-state index contributed by atoms with van der Waals surface area (Å²) in [4.78, 5) is 0. The lowest BCUT2D eigenvalue weighted by atomic mass is 10.2. The van der Waals surface area contributed by atoms with Crippen LogP contribution in [0.4, 0.5) is 0 Å². The van der Waals surface area contributed by atoms with E-state index in [0.717, 1.165) is 30.9 Å². The average molecular weight is 203 g/mol. The molecule has 80 valence electrons. The van der Waals surface area contributed by atoms with Crippen molar-refractivity contribution >= 4 is 11.0 Å². The van der Waals surface area contributed by atoms with Gasteiger partial charge in [0.2, 0.25) is 0 Å². The Balaban J connectivity index is 2.16. The Kier molecular flexibility index (Phi) is 3.07. The predicted octanol–water partition coefficient (Wildman–Crippen LogP) is 3.24. The highest BCUT2D eigenvalue weighted by molar-refractivity contribution is 5.78. The minimum Gasteiger partial charge on any atom is -0.460 e. The molecule has 2 heteroatoms. The molecule has 2 aromatic rings. The van der Waals surface area contributed by atoms with Crippen LogP contribution in [0.25, 0.3) is 11.0 Å². The van der Waals surface area contributed by atoms with Gasteiger partial charge in [-0.3, -0.25) is 0 Å². The van der Waals surface area contributed by atoms with Crippen molar-refractivity contribution in [1.29, 1.82) is 0 Å². The largest absolute Gasteiger partial charge is 0.460 e. The van der Waals surface area contributed by atoms with Crippen LogP contribution in [-0.4, -0.2) is 6.54 Å². The van der Waals surface area contributed by atoms with Gasteiger partial charge in [0, 0.05) is 5.39 Å². The SMILES string of the molecule is CCCNCc1cc2cc(C)ccc2o1. The maximum Gasteiger partial charge on any atom is 0.134 e. The summed E-state index contributed by atoms with van der Waals surface area (Å²) in [7, 11) is 0. The van der Waals surface area contributed by atoms with Gasteiger partial charge in [0.05, 0.1) is 6.54 Å². The van der Waals surface area contributed by atoms with E-state index in [-0.39, 0.29) is 0 Å². The molecule has 0 aliphatic heterocycles. The molecular formula is C13H17NO. The van der Waals surface area contributed by atoms with Crippen LogP contribution < -0.4 is 5.32 Å². The van der Waals surface area contributed by atoms with E-state index in [1.165, 1.54) is 10.9 Å². The Morgan fingerprint density at radius 3 is 2.93 bits per heavy atom. The lowest BCUT2D eigenvalue weighted by molar-refractivity contribution is 0.513. The zero-order valence-corrected chi connectivity index (χ0v) is 9.34.